The maximum atomic E-state index is 13.0. The molecule has 0 bridgehead atoms. The van der Waals surface area contributed by atoms with Gasteiger partial charge in [0.2, 0.25) is 5.91 Å². The lowest BCUT2D eigenvalue weighted by molar-refractivity contribution is -0.142. The maximum Gasteiger partial charge on any atom is 0.311 e. The molecule has 0 fully saturated rings. The van der Waals surface area contributed by atoms with Gasteiger partial charge < -0.3 is 14.8 Å². The number of nitrogens with one attached hydrogen (secondary N) is 1. The van der Waals surface area contributed by atoms with Crippen LogP contribution < -0.4 is 10.1 Å². The second-order valence-corrected chi connectivity index (χ2v) is 5.94. The van der Waals surface area contributed by atoms with E-state index >= 15 is 0 Å². The Morgan fingerprint density at radius 1 is 1.36 bits per heavy atom. The summed E-state index contributed by atoms with van der Waals surface area (Å²) in [5.41, 5.74) is 0.563. The molecular weight excluding hydrogens is 347 g/mol. The van der Waals surface area contributed by atoms with Crippen molar-refractivity contribution in [2.75, 3.05) is 18.5 Å². The molecule has 0 aliphatic rings. The van der Waals surface area contributed by atoms with Gasteiger partial charge in [0.05, 0.1) is 25.3 Å². The van der Waals surface area contributed by atoms with Crippen LogP contribution in [0.25, 0.3) is 0 Å². The highest BCUT2D eigenvalue weighted by Crippen LogP contribution is 2.17. The van der Waals surface area contributed by atoms with Gasteiger partial charge in [-0.2, -0.15) is 0 Å². The van der Waals surface area contributed by atoms with Crippen LogP contribution in [0.1, 0.15) is 25.5 Å². The van der Waals surface area contributed by atoms with Gasteiger partial charge in [0.1, 0.15) is 11.6 Å². The number of amides is 1. The summed E-state index contributed by atoms with van der Waals surface area (Å²) in [6.45, 7) is 2.37. The molecule has 0 unspecified atom stereocenters. The van der Waals surface area contributed by atoms with E-state index in [1.54, 1.807) is 24.4 Å². The van der Waals surface area contributed by atoms with E-state index < -0.39 is 0 Å². The van der Waals surface area contributed by atoms with E-state index in [1.165, 1.54) is 23.5 Å². The molecule has 0 atom stereocenters. The van der Waals surface area contributed by atoms with Crippen LogP contribution in [-0.4, -0.2) is 30.1 Å². The lowest BCUT2D eigenvalue weighted by Crippen LogP contribution is -2.13. The molecule has 1 N–H and O–H groups in total. The van der Waals surface area contributed by atoms with Crippen LogP contribution in [0.5, 0.6) is 5.75 Å². The normalized spacial score (nSPS) is 10.3. The van der Waals surface area contributed by atoms with Crippen molar-refractivity contribution in [1.82, 2.24) is 4.98 Å². The van der Waals surface area contributed by atoms with Gasteiger partial charge in [-0.1, -0.05) is 6.07 Å². The number of ether oxygens (including phenoxy) is 2. The fourth-order valence-electron chi connectivity index (χ4n) is 1.97. The van der Waals surface area contributed by atoms with Crippen LogP contribution >= 0.6 is 11.3 Å². The molecule has 0 saturated heterocycles. The van der Waals surface area contributed by atoms with Crippen LogP contribution in [0.3, 0.4) is 0 Å². The van der Waals surface area contributed by atoms with Crippen LogP contribution in [0.2, 0.25) is 0 Å². The zero-order valence-electron chi connectivity index (χ0n) is 13.8. The van der Waals surface area contributed by atoms with Crippen LogP contribution in [0.4, 0.5) is 9.52 Å². The van der Waals surface area contributed by atoms with Gasteiger partial charge in [0, 0.05) is 17.9 Å². The number of hydrogen-bond donors (Lipinski definition) is 1. The van der Waals surface area contributed by atoms with Gasteiger partial charge in [-0.3, -0.25) is 9.59 Å². The number of esters is 1. The first-order valence-electron chi connectivity index (χ1n) is 7.85. The van der Waals surface area contributed by atoms with Crippen molar-refractivity contribution >= 4 is 28.3 Å². The topological polar surface area (TPSA) is 77.5 Å². The molecule has 8 heteroatoms. The number of carbonyl (C=O) groups excluding carboxylic acids is 2. The van der Waals surface area contributed by atoms with Crippen molar-refractivity contribution in [3.05, 3.63) is 41.2 Å². The van der Waals surface area contributed by atoms with Crippen molar-refractivity contribution in [2.24, 2.45) is 0 Å². The maximum absolute atomic E-state index is 13.0. The number of nitrogens with zero attached hydrogens (tertiary/aromatic N) is 1. The smallest absolute Gasteiger partial charge is 0.311 e. The zero-order chi connectivity index (χ0) is 18.1. The van der Waals surface area contributed by atoms with E-state index in [4.69, 9.17) is 9.47 Å². The molecule has 1 heterocycles. The number of rotatable bonds is 9. The summed E-state index contributed by atoms with van der Waals surface area (Å²) >= 11 is 1.25. The van der Waals surface area contributed by atoms with Crippen LogP contribution in [0.15, 0.2) is 29.6 Å². The minimum absolute atomic E-state index is 0.0850. The summed E-state index contributed by atoms with van der Waals surface area (Å²) in [5, 5.41) is 4.82. The van der Waals surface area contributed by atoms with Gasteiger partial charge in [-0.25, -0.2) is 9.37 Å². The number of halogens is 1. The Kier molecular flexibility index (Phi) is 7.34. The van der Waals surface area contributed by atoms with E-state index in [-0.39, 0.29) is 30.5 Å². The molecular formula is C17H19FN2O4S. The second kappa shape index (κ2) is 9.73. The first-order chi connectivity index (χ1) is 12.1. The standard InChI is InChI=1S/C17H19FN2O4S/c1-2-23-16(22)10-13-11-25-17(19-13)20-15(21)7-4-8-24-14-6-3-5-12(18)9-14/h3,5-6,9,11H,2,4,7-8,10H2,1H3,(H,19,20,21). The SMILES string of the molecule is CCOC(=O)Cc1csc(NC(=O)CCCOc2cccc(F)c2)n1. The van der Waals surface area contributed by atoms with Gasteiger partial charge in [0.15, 0.2) is 5.13 Å². The van der Waals surface area contributed by atoms with Crippen LogP contribution in [-0.2, 0) is 20.7 Å². The fourth-order valence-corrected chi connectivity index (χ4v) is 2.69. The van der Waals surface area contributed by atoms with Crippen molar-refractivity contribution in [3.63, 3.8) is 0 Å². The first-order valence-corrected chi connectivity index (χ1v) is 8.73. The largest absolute Gasteiger partial charge is 0.493 e. The Hall–Kier alpha value is -2.48. The molecule has 2 rings (SSSR count). The number of benzene rings is 1. The Bertz CT molecular complexity index is 720. The molecule has 25 heavy (non-hydrogen) atoms. The third-order valence-corrected chi connectivity index (χ3v) is 3.85. The highest BCUT2D eigenvalue weighted by atomic mass is 32.1. The predicted molar refractivity (Wildman–Crippen MR) is 92.2 cm³/mol. The molecule has 6 nitrogen and oxygen atoms in total. The number of thiazole rings is 1. The van der Waals surface area contributed by atoms with Gasteiger partial charge in [0.25, 0.3) is 0 Å². The van der Waals surface area contributed by atoms with Gasteiger partial charge in [-0.05, 0) is 25.5 Å². The summed E-state index contributed by atoms with van der Waals surface area (Å²) < 4.78 is 23.2. The average Bonchev–Trinajstić information content (AvgIpc) is 2.98. The van der Waals surface area contributed by atoms with Crippen LogP contribution in [0, 0.1) is 5.82 Å². The third-order valence-electron chi connectivity index (χ3n) is 3.04. The van der Waals surface area contributed by atoms with Gasteiger partial charge in [-0.15, -0.1) is 11.3 Å². The molecule has 0 saturated carbocycles. The minimum atomic E-state index is -0.363. The molecule has 0 spiro atoms. The van der Waals surface area contributed by atoms with Crippen molar-refractivity contribution in [2.45, 2.75) is 26.2 Å². The van der Waals surface area contributed by atoms with Gasteiger partial charge >= 0.3 is 5.97 Å². The van der Waals surface area contributed by atoms with E-state index in [1.807, 2.05) is 0 Å². The zero-order valence-corrected chi connectivity index (χ0v) is 14.6. The third kappa shape index (κ3) is 6.88. The quantitative estimate of drug-likeness (QED) is 0.545. The molecule has 0 radical (unpaired) electrons. The lowest BCUT2D eigenvalue weighted by Gasteiger charge is -2.06. The number of anilines is 1. The number of carbonyl (C=O) groups is 2. The Morgan fingerprint density at radius 3 is 2.96 bits per heavy atom. The van der Waals surface area contributed by atoms with Crippen molar-refractivity contribution in [1.29, 1.82) is 0 Å². The molecule has 134 valence electrons. The summed E-state index contributed by atoms with van der Waals surface area (Å²) in [6, 6.07) is 5.85. The van der Waals surface area contributed by atoms with E-state index in [0.29, 0.717) is 36.2 Å². The molecule has 2 aromatic rings. The lowest BCUT2D eigenvalue weighted by atomic mass is 10.3. The average molecular weight is 366 g/mol. The highest BCUT2D eigenvalue weighted by molar-refractivity contribution is 7.13. The Balaban J connectivity index is 1.68. The van der Waals surface area contributed by atoms with E-state index in [0.717, 1.165) is 0 Å². The summed E-state index contributed by atoms with van der Waals surface area (Å²) in [4.78, 5) is 27.4. The summed E-state index contributed by atoms with van der Waals surface area (Å²) in [6.07, 6.45) is 0.827. The molecule has 1 aromatic carbocycles. The molecule has 0 aliphatic heterocycles. The van der Waals surface area contributed by atoms with Crippen molar-refractivity contribution < 1.29 is 23.5 Å². The predicted octanol–water partition coefficient (Wildman–Crippen LogP) is 3.19. The van der Waals surface area contributed by atoms with Crippen molar-refractivity contribution in [3.8, 4) is 5.75 Å². The Labute approximate surface area is 149 Å². The first kappa shape index (κ1) is 18.9. The Morgan fingerprint density at radius 2 is 2.20 bits per heavy atom. The monoisotopic (exact) mass is 366 g/mol. The number of aromatic nitrogens is 1. The second-order valence-electron chi connectivity index (χ2n) is 5.08. The van der Waals surface area contributed by atoms with E-state index in [9.17, 15) is 14.0 Å². The minimum Gasteiger partial charge on any atom is -0.493 e. The van der Waals surface area contributed by atoms with E-state index in [2.05, 4.69) is 10.3 Å². The summed E-state index contributed by atoms with van der Waals surface area (Å²) in [5.74, 6) is -0.471. The highest BCUT2D eigenvalue weighted by Gasteiger charge is 2.10. The molecule has 1 aromatic heterocycles. The molecule has 1 amide bonds. The fraction of sp³-hybridized carbons (Fsp3) is 0.353. The summed E-state index contributed by atoms with van der Waals surface area (Å²) in [7, 11) is 0. The molecule has 0 aliphatic carbocycles. The number of hydrogen-bond acceptors (Lipinski definition) is 6.